The molecule has 23 heavy (non-hydrogen) atoms. The number of rotatable bonds is 3. The van der Waals surface area contributed by atoms with Crippen LogP contribution in [0.25, 0.3) is 0 Å². The van der Waals surface area contributed by atoms with Crippen LogP contribution in [0, 0.1) is 5.41 Å². The van der Waals surface area contributed by atoms with Gasteiger partial charge in [-0.3, -0.25) is 9.59 Å². The Hall–Kier alpha value is -2.04. The van der Waals surface area contributed by atoms with E-state index in [1.54, 1.807) is 0 Å². The summed E-state index contributed by atoms with van der Waals surface area (Å²) in [6.45, 7) is 6.11. The summed E-state index contributed by atoms with van der Waals surface area (Å²) in [4.78, 5) is 26.1. The first-order chi connectivity index (χ1) is 11.0. The predicted octanol–water partition coefficient (Wildman–Crippen LogP) is 2.22. The van der Waals surface area contributed by atoms with Crippen molar-refractivity contribution in [3.63, 3.8) is 0 Å². The molecule has 0 unspecified atom stereocenters. The Morgan fingerprint density at radius 1 is 1.30 bits per heavy atom. The van der Waals surface area contributed by atoms with Gasteiger partial charge in [0.2, 0.25) is 5.91 Å². The van der Waals surface area contributed by atoms with Crippen LogP contribution in [0.3, 0.4) is 0 Å². The third-order valence-corrected chi connectivity index (χ3v) is 4.76. The van der Waals surface area contributed by atoms with Gasteiger partial charge in [0.15, 0.2) is 0 Å². The summed E-state index contributed by atoms with van der Waals surface area (Å²) in [5.41, 5.74) is 0.732. The van der Waals surface area contributed by atoms with Crippen molar-refractivity contribution in [3.8, 4) is 5.75 Å². The van der Waals surface area contributed by atoms with Gasteiger partial charge >= 0.3 is 0 Å². The molecule has 0 aliphatic carbocycles. The van der Waals surface area contributed by atoms with E-state index >= 15 is 0 Å². The molecule has 1 aromatic carbocycles. The Morgan fingerprint density at radius 3 is 2.65 bits per heavy atom. The summed E-state index contributed by atoms with van der Waals surface area (Å²) >= 11 is 0. The summed E-state index contributed by atoms with van der Waals surface area (Å²) in [5, 5.41) is 2.92. The quantitative estimate of drug-likeness (QED) is 0.930. The molecule has 1 spiro atoms. The highest BCUT2D eigenvalue weighted by molar-refractivity contribution is 5.94. The zero-order chi connectivity index (χ0) is 16.4. The minimum atomic E-state index is 0.0475. The van der Waals surface area contributed by atoms with Crippen LogP contribution in [0.2, 0.25) is 0 Å². The number of nitrogens with zero attached hydrogens (tertiary/aromatic N) is 1. The molecule has 2 fully saturated rings. The molecular formula is C18H24N2O3. The Bertz CT molecular complexity index is 604. The molecule has 0 bridgehead atoms. The fourth-order valence-corrected chi connectivity index (χ4v) is 3.45. The van der Waals surface area contributed by atoms with E-state index in [1.807, 2.05) is 43.0 Å². The standard InChI is InChI=1S/C18H24N2O3/c1-13(2)23-15-5-3-4-14(10-15)17(22)20-8-6-18(7-9-20)11-16(21)19-12-18/h3-5,10,13H,6-9,11-12H2,1-2H3,(H,19,21). The van der Waals surface area contributed by atoms with Crippen LogP contribution in [-0.2, 0) is 4.79 Å². The van der Waals surface area contributed by atoms with Crippen molar-refractivity contribution in [2.24, 2.45) is 5.41 Å². The van der Waals surface area contributed by atoms with Crippen LogP contribution in [0.15, 0.2) is 24.3 Å². The lowest BCUT2D eigenvalue weighted by molar-refractivity contribution is -0.119. The van der Waals surface area contributed by atoms with E-state index < -0.39 is 0 Å². The third-order valence-electron chi connectivity index (χ3n) is 4.76. The lowest BCUT2D eigenvalue weighted by Crippen LogP contribution is -2.44. The van der Waals surface area contributed by atoms with Crippen LogP contribution in [-0.4, -0.2) is 42.5 Å². The van der Waals surface area contributed by atoms with Crippen LogP contribution < -0.4 is 10.1 Å². The van der Waals surface area contributed by atoms with E-state index in [4.69, 9.17) is 4.74 Å². The SMILES string of the molecule is CC(C)Oc1cccc(C(=O)N2CCC3(CC2)CNC(=O)C3)c1. The molecule has 0 saturated carbocycles. The molecule has 124 valence electrons. The topological polar surface area (TPSA) is 58.6 Å². The van der Waals surface area contributed by atoms with E-state index in [9.17, 15) is 9.59 Å². The molecule has 0 aromatic heterocycles. The largest absolute Gasteiger partial charge is 0.491 e. The van der Waals surface area contributed by atoms with Crippen molar-refractivity contribution in [2.75, 3.05) is 19.6 Å². The molecular weight excluding hydrogens is 292 g/mol. The van der Waals surface area contributed by atoms with E-state index in [2.05, 4.69) is 5.32 Å². The van der Waals surface area contributed by atoms with Gasteiger partial charge in [-0.15, -0.1) is 0 Å². The van der Waals surface area contributed by atoms with Crippen molar-refractivity contribution in [1.29, 1.82) is 0 Å². The molecule has 2 aliphatic heterocycles. The Morgan fingerprint density at radius 2 is 2.04 bits per heavy atom. The van der Waals surface area contributed by atoms with Gasteiger partial charge < -0.3 is 15.0 Å². The minimum Gasteiger partial charge on any atom is -0.491 e. The summed E-state index contributed by atoms with van der Waals surface area (Å²) in [6.07, 6.45) is 2.47. The molecule has 2 saturated heterocycles. The molecule has 0 radical (unpaired) electrons. The zero-order valence-electron chi connectivity index (χ0n) is 13.8. The number of carbonyl (C=O) groups excluding carboxylic acids is 2. The zero-order valence-corrected chi connectivity index (χ0v) is 13.8. The first kappa shape index (κ1) is 15.8. The molecule has 2 amide bonds. The second-order valence-corrected chi connectivity index (χ2v) is 6.94. The molecule has 0 atom stereocenters. The number of carbonyl (C=O) groups is 2. The molecule has 5 nitrogen and oxygen atoms in total. The maximum absolute atomic E-state index is 12.7. The summed E-state index contributed by atoms with van der Waals surface area (Å²) in [6, 6.07) is 7.38. The fraction of sp³-hybridized carbons (Fsp3) is 0.556. The van der Waals surface area contributed by atoms with Gasteiger partial charge in [-0.25, -0.2) is 0 Å². The number of hydrogen-bond acceptors (Lipinski definition) is 3. The minimum absolute atomic E-state index is 0.0475. The predicted molar refractivity (Wildman–Crippen MR) is 87.4 cm³/mol. The first-order valence-corrected chi connectivity index (χ1v) is 8.30. The Kier molecular flexibility index (Phi) is 4.28. The molecule has 5 heteroatoms. The number of hydrogen-bond donors (Lipinski definition) is 1. The Balaban J connectivity index is 1.64. The van der Waals surface area contributed by atoms with E-state index in [1.165, 1.54) is 0 Å². The molecule has 1 N–H and O–H groups in total. The van der Waals surface area contributed by atoms with Crippen molar-refractivity contribution >= 4 is 11.8 Å². The van der Waals surface area contributed by atoms with Gasteiger partial charge in [-0.2, -0.15) is 0 Å². The van der Waals surface area contributed by atoms with Crippen molar-refractivity contribution in [1.82, 2.24) is 10.2 Å². The number of nitrogens with one attached hydrogen (secondary N) is 1. The molecule has 2 heterocycles. The van der Waals surface area contributed by atoms with Crippen LogP contribution in [0.4, 0.5) is 0 Å². The summed E-state index contributed by atoms with van der Waals surface area (Å²) in [7, 11) is 0. The summed E-state index contributed by atoms with van der Waals surface area (Å²) in [5.74, 6) is 0.916. The second kappa shape index (κ2) is 6.22. The van der Waals surface area contributed by atoms with Gasteiger partial charge in [-0.05, 0) is 50.3 Å². The number of likely N-dealkylation sites (tertiary alicyclic amines) is 1. The van der Waals surface area contributed by atoms with E-state index in [0.717, 1.165) is 25.1 Å². The van der Waals surface area contributed by atoms with E-state index in [-0.39, 0.29) is 23.3 Å². The van der Waals surface area contributed by atoms with Gasteiger partial charge in [0.25, 0.3) is 5.91 Å². The number of ether oxygens (including phenoxy) is 1. The lowest BCUT2D eigenvalue weighted by Gasteiger charge is -2.38. The van der Waals surface area contributed by atoms with Gasteiger partial charge in [0, 0.05) is 31.6 Å². The maximum atomic E-state index is 12.7. The van der Waals surface area contributed by atoms with Crippen molar-refractivity contribution in [3.05, 3.63) is 29.8 Å². The van der Waals surface area contributed by atoms with Crippen LogP contribution in [0.5, 0.6) is 5.75 Å². The average molecular weight is 316 g/mol. The highest BCUT2D eigenvalue weighted by Crippen LogP contribution is 2.37. The molecule has 1 aromatic rings. The summed E-state index contributed by atoms with van der Waals surface area (Å²) < 4.78 is 5.66. The normalized spacial score (nSPS) is 20.0. The maximum Gasteiger partial charge on any atom is 0.253 e. The van der Waals surface area contributed by atoms with E-state index in [0.29, 0.717) is 25.1 Å². The number of benzene rings is 1. The fourth-order valence-electron chi connectivity index (χ4n) is 3.45. The van der Waals surface area contributed by atoms with Crippen molar-refractivity contribution in [2.45, 2.75) is 39.2 Å². The lowest BCUT2D eigenvalue weighted by atomic mass is 9.77. The Labute approximate surface area is 137 Å². The highest BCUT2D eigenvalue weighted by Gasteiger charge is 2.41. The van der Waals surface area contributed by atoms with Gasteiger partial charge in [-0.1, -0.05) is 6.07 Å². The number of piperidine rings is 1. The average Bonchev–Trinajstić information content (AvgIpc) is 2.88. The highest BCUT2D eigenvalue weighted by atomic mass is 16.5. The van der Waals surface area contributed by atoms with Gasteiger partial charge in [0.05, 0.1) is 6.10 Å². The third kappa shape index (κ3) is 3.49. The second-order valence-electron chi connectivity index (χ2n) is 6.94. The van der Waals surface area contributed by atoms with Crippen LogP contribution in [0.1, 0.15) is 43.5 Å². The number of amides is 2. The molecule has 2 aliphatic rings. The monoisotopic (exact) mass is 316 g/mol. The smallest absolute Gasteiger partial charge is 0.253 e. The first-order valence-electron chi connectivity index (χ1n) is 8.30. The molecule has 3 rings (SSSR count). The van der Waals surface area contributed by atoms with Gasteiger partial charge in [0.1, 0.15) is 5.75 Å². The van der Waals surface area contributed by atoms with Crippen molar-refractivity contribution < 1.29 is 14.3 Å². The van der Waals surface area contributed by atoms with Crippen LogP contribution >= 0.6 is 0 Å².